The van der Waals surface area contributed by atoms with Gasteiger partial charge in [-0.2, -0.15) is 0 Å². The van der Waals surface area contributed by atoms with E-state index in [0.717, 1.165) is 19.4 Å². The van der Waals surface area contributed by atoms with Crippen LogP contribution in [0.1, 0.15) is 36.0 Å². The van der Waals surface area contributed by atoms with E-state index < -0.39 is 0 Å². The molecule has 0 radical (unpaired) electrons. The lowest BCUT2D eigenvalue weighted by atomic mass is 9.88. The van der Waals surface area contributed by atoms with Crippen molar-refractivity contribution >= 4 is 16.8 Å². The maximum Gasteiger partial charge on any atom is 0.220 e. The molecule has 0 aliphatic rings. The van der Waals surface area contributed by atoms with E-state index in [0.29, 0.717) is 13.0 Å². The van der Waals surface area contributed by atoms with Gasteiger partial charge in [-0.1, -0.05) is 55.5 Å². The molecule has 0 fully saturated rings. The fourth-order valence-corrected chi connectivity index (χ4v) is 3.78. The fraction of sp³-hybridized carbons (Fsp3) is 0.375. The molecule has 1 unspecified atom stereocenters. The first kappa shape index (κ1) is 20.2. The monoisotopic (exact) mass is 377 g/mol. The van der Waals surface area contributed by atoms with Crippen molar-refractivity contribution in [3.05, 3.63) is 71.4 Å². The molecule has 1 atom stereocenters. The van der Waals surface area contributed by atoms with Crippen molar-refractivity contribution in [2.75, 3.05) is 27.2 Å². The summed E-state index contributed by atoms with van der Waals surface area (Å²) < 4.78 is 0. The predicted octanol–water partition coefficient (Wildman–Crippen LogP) is 4.12. The van der Waals surface area contributed by atoms with E-state index in [1.54, 1.807) is 0 Å². The van der Waals surface area contributed by atoms with Gasteiger partial charge in [0.15, 0.2) is 0 Å². The Morgan fingerprint density at radius 2 is 1.89 bits per heavy atom. The Balaban J connectivity index is 1.85. The largest absolute Gasteiger partial charge is 0.361 e. The Labute approximate surface area is 167 Å². The molecular formula is C24H31N3O. The number of carbonyl (C=O) groups is 1. The number of aromatic amines is 1. The zero-order valence-electron chi connectivity index (χ0n) is 17.2. The summed E-state index contributed by atoms with van der Waals surface area (Å²) in [4.78, 5) is 18.2. The van der Waals surface area contributed by atoms with E-state index in [1.165, 1.54) is 27.6 Å². The molecule has 0 saturated heterocycles. The van der Waals surface area contributed by atoms with Crippen LogP contribution in [0.25, 0.3) is 10.9 Å². The third-order valence-electron chi connectivity index (χ3n) is 5.29. The number of para-hydroxylation sites is 1. The van der Waals surface area contributed by atoms with Gasteiger partial charge in [-0.05, 0) is 49.5 Å². The Kier molecular flexibility index (Phi) is 6.88. The van der Waals surface area contributed by atoms with Crippen LogP contribution in [0.3, 0.4) is 0 Å². The van der Waals surface area contributed by atoms with Crippen LogP contribution in [0.5, 0.6) is 0 Å². The summed E-state index contributed by atoms with van der Waals surface area (Å²) in [7, 11) is 4.03. The van der Waals surface area contributed by atoms with Crippen LogP contribution in [0, 0.1) is 0 Å². The standard InChI is InChI=1S/C24H31N3O/c1-4-19-11-8-12-21-22(17-26-24(19)21)20(15-18-9-6-5-7-10-18)16-23(28)25-13-14-27(2)3/h5-12,17,20,26H,4,13-16H2,1-3H3,(H,25,28). The van der Waals surface area contributed by atoms with Gasteiger partial charge in [-0.15, -0.1) is 0 Å². The highest BCUT2D eigenvalue weighted by Gasteiger charge is 2.20. The highest BCUT2D eigenvalue weighted by atomic mass is 16.1. The van der Waals surface area contributed by atoms with Crippen molar-refractivity contribution in [3.8, 4) is 0 Å². The number of carbonyl (C=O) groups excluding carboxylic acids is 1. The first-order chi connectivity index (χ1) is 13.6. The van der Waals surface area contributed by atoms with E-state index >= 15 is 0 Å². The van der Waals surface area contributed by atoms with E-state index in [4.69, 9.17) is 0 Å². The molecule has 0 spiro atoms. The van der Waals surface area contributed by atoms with Crippen molar-refractivity contribution in [2.24, 2.45) is 0 Å². The summed E-state index contributed by atoms with van der Waals surface area (Å²) >= 11 is 0. The first-order valence-electron chi connectivity index (χ1n) is 10.1. The summed E-state index contributed by atoms with van der Waals surface area (Å²) in [5.41, 5.74) is 5.01. The second-order valence-corrected chi connectivity index (χ2v) is 7.68. The lowest BCUT2D eigenvalue weighted by Gasteiger charge is -2.18. The normalized spacial score (nSPS) is 12.4. The van der Waals surface area contributed by atoms with Gasteiger partial charge in [-0.25, -0.2) is 0 Å². The van der Waals surface area contributed by atoms with Gasteiger partial charge in [0.1, 0.15) is 0 Å². The number of aromatic nitrogens is 1. The zero-order valence-corrected chi connectivity index (χ0v) is 17.2. The Morgan fingerprint density at radius 3 is 2.61 bits per heavy atom. The molecule has 4 nitrogen and oxygen atoms in total. The molecular weight excluding hydrogens is 346 g/mol. The highest BCUT2D eigenvalue weighted by Crippen LogP contribution is 2.32. The van der Waals surface area contributed by atoms with Crippen molar-refractivity contribution in [2.45, 2.75) is 32.1 Å². The summed E-state index contributed by atoms with van der Waals surface area (Å²) in [6.07, 6.45) is 4.44. The number of hydrogen-bond acceptors (Lipinski definition) is 2. The summed E-state index contributed by atoms with van der Waals surface area (Å²) in [5.74, 6) is 0.256. The average Bonchev–Trinajstić information content (AvgIpc) is 3.12. The van der Waals surface area contributed by atoms with E-state index in [2.05, 4.69) is 70.8 Å². The number of fused-ring (bicyclic) bond motifs is 1. The number of hydrogen-bond donors (Lipinski definition) is 2. The smallest absolute Gasteiger partial charge is 0.220 e. The Morgan fingerprint density at radius 1 is 1.11 bits per heavy atom. The van der Waals surface area contributed by atoms with Gasteiger partial charge in [0.05, 0.1) is 0 Å². The molecule has 0 aliphatic heterocycles. The molecule has 0 aliphatic carbocycles. The van der Waals surface area contributed by atoms with Gasteiger partial charge in [0.25, 0.3) is 0 Å². The molecule has 28 heavy (non-hydrogen) atoms. The third-order valence-corrected chi connectivity index (χ3v) is 5.29. The molecule has 1 amide bonds. The van der Waals surface area contributed by atoms with Crippen LogP contribution in [-0.4, -0.2) is 43.0 Å². The maximum absolute atomic E-state index is 12.6. The minimum atomic E-state index is 0.115. The van der Waals surface area contributed by atoms with Crippen LogP contribution < -0.4 is 5.32 Å². The number of H-pyrrole nitrogens is 1. The summed E-state index contributed by atoms with van der Waals surface area (Å²) in [5, 5.41) is 4.31. The Hall–Kier alpha value is -2.59. The molecule has 2 N–H and O–H groups in total. The van der Waals surface area contributed by atoms with Crippen LogP contribution in [-0.2, 0) is 17.6 Å². The maximum atomic E-state index is 12.6. The number of nitrogens with zero attached hydrogens (tertiary/aromatic N) is 1. The lowest BCUT2D eigenvalue weighted by Crippen LogP contribution is -2.32. The van der Waals surface area contributed by atoms with E-state index in [1.807, 2.05) is 20.2 Å². The van der Waals surface area contributed by atoms with Crippen LogP contribution in [0.4, 0.5) is 0 Å². The van der Waals surface area contributed by atoms with Crippen molar-refractivity contribution in [1.29, 1.82) is 0 Å². The van der Waals surface area contributed by atoms with Crippen molar-refractivity contribution in [1.82, 2.24) is 15.2 Å². The number of benzene rings is 2. The van der Waals surface area contributed by atoms with Gasteiger partial charge in [0, 0.05) is 36.6 Å². The number of nitrogens with one attached hydrogen (secondary N) is 2. The number of likely N-dealkylation sites (N-methyl/N-ethyl adjacent to an activating group) is 1. The third kappa shape index (κ3) is 5.02. The Bertz CT molecular complexity index is 899. The molecule has 2 aromatic carbocycles. The van der Waals surface area contributed by atoms with E-state index in [9.17, 15) is 4.79 Å². The number of amides is 1. The molecule has 1 aromatic heterocycles. The summed E-state index contributed by atoms with van der Waals surface area (Å²) in [6, 6.07) is 16.9. The topological polar surface area (TPSA) is 48.1 Å². The zero-order chi connectivity index (χ0) is 19.9. The highest BCUT2D eigenvalue weighted by molar-refractivity contribution is 5.87. The van der Waals surface area contributed by atoms with Crippen molar-refractivity contribution in [3.63, 3.8) is 0 Å². The van der Waals surface area contributed by atoms with Crippen LogP contribution in [0.15, 0.2) is 54.7 Å². The van der Waals surface area contributed by atoms with Gasteiger partial charge < -0.3 is 15.2 Å². The SMILES string of the molecule is CCc1cccc2c(C(CC(=O)NCCN(C)C)Cc3ccccc3)c[nH]c12. The van der Waals surface area contributed by atoms with Crippen LogP contribution >= 0.6 is 0 Å². The average molecular weight is 378 g/mol. The number of aryl methyl sites for hydroxylation is 1. The predicted molar refractivity (Wildman–Crippen MR) is 117 cm³/mol. The molecule has 0 saturated carbocycles. The van der Waals surface area contributed by atoms with Gasteiger partial charge >= 0.3 is 0 Å². The molecule has 3 rings (SSSR count). The first-order valence-corrected chi connectivity index (χ1v) is 10.1. The minimum absolute atomic E-state index is 0.115. The minimum Gasteiger partial charge on any atom is -0.361 e. The molecule has 3 aromatic rings. The molecule has 148 valence electrons. The van der Waals surface area contributed by atoms with Gasteiger partial charge in [-0.3, -0.25) is 4.79 Å². The fourth-order valence-electron chi connectivity index (χ4n) is 3.78. The van der Waals surface area contributed by atoms with Crippen molar-refractivity contribution < 1.29 is 4.79 Å². The quantitative estimate of drug-likeness (QED) is 0.589. The molecule has 1 heterocycles. The summed E-state index contributed by atoms with van der Waals surface area (Å²) in [6.45, 7) is 3.70. The van der Waals surface area contributed by atoms with Crippen LogP contribution in [0.2, 0.25) is 0 Å². The number of rotatable bonds is 9. The second-order valence-electron chi connectivity index (χ2n) is 7.68. The molecule has 4 heteroatoms. The lowest BCUT2D eigenvalue weighted by molar-refractivity contribution is -0.121. The second kappa shape index (κ2) is 9.56. The van der Waals surface area contributed by atoms with Gasteiger partial charge in [0.2, 0.25) is 5.91 Å². The molecule has 0 bridgehead atoms. The van der Waals surface area contributed by atoms with E-state index in [-0.39, 0.29) is 11.8 Å².